The van der Waals surface area contributed by atoms with Gasteiger partial charge in [-0.1, -0.05) is 32.4 Å². The van der Waals surface area contributed by atoms with Crippen molar-refractivity contribution >= 4 is 47.4 Å². The van der Waals surface area contributed by atoms with E-state index in [0.717, 1.165) is 0 Å². The largest absolute Gasteiger partial charge is 0.508 e. The van der Waals surface area contributed by atoms with E-state index < -0.39 is 116 Å². The summed E-state index contributed by atoms with van der Waals surface area (Å²) < 4.78 is 0. The first-order valence-corrected chi connectivity index (χ1v) is 15.1. The molecule has 266 valence electrons. The highest BCUT2D eigenvalue weighted by Crippen LogP contribution is 2.14. The first-order chi connectivity index (χ1) is 22.5. The second kappa shape index (κ2) is 20.1. The van der Waals surface area contributed by atoms with Crippen LogP contribution in [0.2, 0.25) is 0 Å². The molecule has 0 saturated heterocycles. The molecule has 1 aromatic rings. The highest BCUT2D eigenvalue weighted by Gasteiger charge is 2.33. The van der Waals surface area contributed by atoms with Crippen LogP contribution in [0.5, 0.6) is 5.75 Å². The van der Waals surface area contributed by atoms with E-state index in [-0.39, 0.29) is 12.2 Å². The number of phenols is 1. The Kier molecular flexibility index (Phi) is 17.1. The third-order valence-electron chi connectivity index (χ3n) is 7.30. The Morgan fingerprint density at radius 3 is 1.71 bits per heavy atom. The summed E-state index contributed by atoms with van der Waals surface area (Å²) in [6.07, 6.45) is -1.64. The predicted molar refractivity (Wildman–Crippen MR) is 167 cm³/mol. The minimum atomic E-state index is -1.57. The van der Waals surface area contributed by atoms with Crippen LogP contribution in [-0.4, -0.2) is 105 Å². The minimum absolute atomic E-state index is 0.0176. The molecule has 18 nitrogen and oxygen atoms in total. The summed E-state index contributed by atoms with van der Waals surface area (Å²) in [6.45, 7) is 4.15. The number of hydrogen-bond donors (Lipinski definition) is 10. The van der Waals surface area contributed by atoms with Crippen LogP contribution in [0, 0.1) is 5.92 Å². The van der Waals surface area contributed by atoms with E-state index in [9.17, 15) is 53.7 Å². The Balaban J connectivity index is 3.16. The molecule has 48 heavy (non-hydrogen) atoms. The van der Waals surface area contributed by atoms with E-state index in [1.807, 2.05) is 0 Å². The number of carboxylic acid groups (broad SMARTS) is 3. The van der Waals surface area contributed by atoms with Gasteiger partial charge in [0.25, 0.3) is 0 Å². The maximum atomic E-state index is 13.5. The lowest BCUT2D eigenvalue weighted by Crippen LogP contribution is -2.60. The van der Waals surface area contributed by atoms with Gasteiger partial charge in [0.05, 0.1) is 6.54 Å². The molecule has 0 aliphatic carbocycles. The molecule has 1 rings (SSSR count). The van der Waals surface area contributed by atoms with Gasteiger partial charge in [-0.05, 0) is 43.4 Å². The van der Waals surface area contributed by atoms with Crippen LogP contribution in [0.1, 0.15) is 58.4 Å². The number of hydrogen-bond acceptors (Lipinski definition) is 10. The van der Waals surface area contributed by atoms with Gasteiger partial charge in [0.15, 0.2) is 0 Å². The number of phenolic OH excluding ortho intramolecular Hbond substituents is 1. The Morgan fingerprint density at radius 1 is 0.688 bits per heavy atom. The summed E-state index contributed by atoms with van der Waals surface area (Å²) in [7, 11) is 0. The van der Waals surface area contributed by atoms with Crippen molar-refractivity contribution in [1.82, 2.24) is 26.6 Å². The molecule has 1 aromatic carbocycles. The number of nitrogens with two attached hydrogens (primary N) is 1. The highest BCUT2D eigenvalue weighted by molar-refractivity contribution is 5.96. The lowest BCUT2D eigenvalue weighted by atomic mass is 9.96. The smallest absolute Gasteiger partial charge is 0.326 e. The van der Waals surface area contributed by atoms with Crippen molar-refractivity contribution in [3.8, 4) is 5.75 Å². The molecule has 0 heterocycles. The molecule has 0 saturated carbocycles. The molecule has 11 N–H and O–H groups in total. The fourth-order valence-electron chi connectivity index (χ4n) is 4.29. The molecule has 5 amide bonds. The van der Waals surface area contributed by atoms with Crippen molar-refractivity contribution in [2.24, 2.45) is 11.7 Å². The van der Waals surface area contributed by atoms with Crippen LogP contribution in [0.15, 0.2) is 24.3 Å². The van der Waals surface area contributed by atoms with Crippen LogP contribution < -0.4 is 32.3 Å². The number of nitrogens with one attached hydrogen (secondary N) is 5. The first-order valence-electron chi connectivity index (χ1n) is 15.1. The molecule has 0 spiro atoms. The summed E-state index contributed by atoms with van der Waals surface area (Å²) in [6, 6.07) is -1.08. The number of carbonyl (C=O) groups excluding carboxylic acids is 5. The van der Waals surface area contributed by atoms with E-state index in [4.69, 9.17) is 10.8 Å². The summed E-state index contributed by atoms with van der Waals surface area (Å²) >= 11 is 0. The molecule has 0 aromatic heterocycles. The number of carboxylic acids is 3. The quantitative estimate of drug-likeness (QED) is 0.0686. The maximum absolute atomic E-state index is 13.5. The second-order valence-electron chi connectivity index (χ2n) is 11.1. The van der Waals surface area contributed by atoms with Gasteiger partial charge < -0.3 is 52.7 Å². The molecule has 0 aliphatic heterocycles. The average Bonchev–Trinajstić information content (AvgIpc) is 3.02. The molecule has 6 atom stereocenters. The Labute approximate surface area is 276 Å². The number of rotatable bonds is 21. The van der Waals surface area contributed by atoms with Gasteiger partial charge >= 0.3 is 17.9 Å². The summed E-state index contributed by atoms with van der Waals surface area (Å²) in [5.74, 6) is -8.88. The topological polar surface area (TPSA) is 304 Å². The zero-order valence-corrected chi connectivity index (χ0v) is 26.9. The van der Waals surface area contributed by atoms with Gasteiger partial charge in [-0.15, -0.1) is 0 Å². The minimum Gasteiger partial charge on any atom is -0.508 e. The Morgan fingerprint density at radius 2 is 1.21 bits per heavy atom. The van der Waals surface area contributed by atoms with Crippen molar-refractivity contribution in [3.63, 3.8) is 0 Å². The average molecular weight is 681 g/mol. The normalized spacial score (nSPS) is 14.5. The number of aliphatic carboxylic acids is 3. The number of aromatic hydroxyl groups is 1. The molecule has 0 radical (unpaired) electrons. The predicted octanol–water partition coefficient (Wildman–Crippen LogP) is -1.80. The Hall–Kier alpha value is -5.26. The van der Waals surface area contributed by atoms with Crippen molar-refractivity contribution in [1.29, 1.82) is 0 Å². The van der Waals surface area contributed by atoms with Gasteiger partial charge in [-0.2, -0.15) is 0 Å². The van der Waals surface area contributed by atoms with Gasteiger partial charge in [0.2, 0.25) is 29.5 Å². The standard InChI is InChI=1S/C30H44N6O12/c1-4-15(2)25(36-28(45)21(33-22(38)14-31)13-17-5-7-18(37)8-6-17)29(46)34-19(9-11-23(39)40)27(44)32-16(3)26(43)35-20(30(47)48)10-12-24(41)42/h5-8,15-16,19-21,25,37H,4,9-14,31H2,1-3H3,(H,32,44)(H,33,38)(H,34,46)(H,35,43)(H,36,45)(H,39,40)(H,41,42)(H,47,48). The van der Waals surface area contributed by atoms with Crippen molar-refractivity contribution in [2.45, 2.75) is 89.5 Å². The van der Waals surface area contributed by atoms with Gasteiger partial charge in [-0.3, -0.25) is 33.6 Å². The van der Waals surface area contributed by atoms with Gasteiger partial charge in [0.1, 0.15) is 36.0 Å². The number of amides is 5. The summed E-state index contributed by atoms with van der Waals surface area (Å²) in [4.78, 5) is 98.4. The fraction of sp³-hybridized carbons (Fsp3) is 0.533. The molecule has 6 unspecified atom stereocenters. The highest BCUT2D eigenvalue weighted by atomic mass is 16.4. The number of carbonyl (C=O) groups is 8. The lowest BCUT2D eigenvalue weighted by molar-refractivity contribution is -0.143. The zero-order chi connectivity index (χ0) is 36.6. The van der Waals surface area contributed by atoms with E-state index >= 15 is 0 Å². The van der Waals surface area contributed by atoms with E-state index in [0.29, 0.717) is 12.0 Å². The SMILES string of the molecule is CCC(C)C(NC(=O)C(Cc1ccc(O)cc1)NC(=O)CN)C(=O)NC(CCC(=O)O)C(=O)NC(C)C(=O)NC(CCC(=O)O)C(=O)O. The van der Waals surface area contributed by atoms with Crippen LogP contribution in [0.3, 0.4) is 0 Å². The first kappa shape index (κ1) is 40.8. The van der Waals surface area contributed by atoms with E-state index in [1.54, 1.807) is 13.8 Å². The van der Waals surface area contributed by atoms with Crippen molar-refractivity contribution in [3.05, 3.63) is 29.8 Å². The third-order valence-corrected chi connectivity index (χ3v) is 7.30. The maximum Gasteiger partial charge on any atom is 0.326 e. The van der Waals surface area contributed by atoms with Crippen LogP contribution >= 0.6 is 0 Å². The van der Waals surface area contributed by atoms with Crippen LogP contribution in [0.4, 0.5) is 0 Å². The van der Waals surface area contributed by atoms with Crippen LogP contribution in [0.25, 0.3) is 0 Å². The monoisotopic (exact) mass is 680 g/mol. The fourth-order valence-corrected chi connectivity index (χ4v) is 4.29. The van der Waals surface area contributed by atoms with Crippen molar-refractivity contribution in [2.75, 3.05) is 6.54 Å². The molecule has 0 fully saturated rings. The van der Waals surface area contributed by atoms with Gasteiger partial charge in [-0.25, -0.2) is 4.79 Å². The van der Waals surface area contributed by atoms with Crippen molar-refractivity contribution < 1.29 is 58.8 Å². The number of benzene rings is 1. The molecule has 18 heteroatoms. The second-order valence-corrected chi connectivity index (χ2v) is 11.1. The molecular formula is C30H44N6O12. The zero-order valence-electron chi connectivity index (χ0n) is 26.9. The van der Waals surface area contributed by atoms with Gasteiger partial charge in [0, 0.05) is 19.3 Å². The lowest BCUT2D eigenvalue weighted by Gasteiger charge is -2.28. The third kappa shape index (κ3) is 14.4. The summed E-state index contributed by atoms with van der Waals surface area (Å²) in [5, 5.41) is 48.8. The van der Waals surface area contributed by atoms with E-state index in [1.165, 1.54) is 31.2 Å². The molecule has 0 bridgehead atoms. The van der Waals surface area contributed by atoms with E-state index in [2.05, 4.69) is 26.6 Å². The summed E-state index contributed by atoms with van der Waals surface area (Å²) in [5.41, 5.74) is 5.97. The Bertz CT molecular complexity index is 1320. The van der Waals surface area contributed by atoms with Crippen LogP contribution in [-0.2, 0) is 44.8 Å². The molecular weight excluding hydrogens is 636 g/mol. The molecule has 0 aliphatic rings.